The van der Waals surface area contributed by atoms with Crippen molar-refractivity contribution in [3.8, 4) is 0 Å². The van der Waals surface area contributed by atoms with Gasteiger partial charge in [-0.3, -0.25) is 0 Å². The van der Waals surface area contributed by atoms with Gasteiger partial charge in [-0.05, 0) is 56.9 Å². The molecule has 1 fully saturated rings. The highest BCUT2D eigenvalue weighted by molar-refractivity contribution is 5.10. The maximum atomic E-state index is 5.84. The lowest BCUT2D eigenvalue weighted by atomic mass is 9.78. The third-order valence-corrected chi connectivity index (χ3v) is 4.42. The van der Waals surface area contributed by atoms with Crippen LogP contribution >= 0.6 is 0 Å². The van der Waals surface area contributed by atoms with Crippen molar-refractivity contribution in [3.63, 3.8) is 0 Å². The molecule has 0 aromatic heterocycles. The minimum absolute atomic E-state index is 0.184. The highest BCUT2D eigenvalue weighted by Gasteiger charge is 2.29. The van der Waals surface area contributed by atoms with Gasteiger partial charge in [-0.25, -0.2) is 0 Å². The third kappa shape index (κ3) is 3.24. The second-order valence-electron chi connectivity index (χ2n) is 5.89. The second kappa shape index (κ2) is 6.03. The van der Waals surface area contributed by atoms with E-state index in [-0.39, 0.29) is 6.29 Å². The highest BCUT2D eigenvalue weighted by Crippen LogP contribution is 2.35. The maximum Gasteiger partial charge on any atom is 0.180 e. The van der Waals surface area contributed by atoms with Crippen molar-refractivity contribution in [3.05, 3.63) is 23.8 Å². The van der Waals surface area contributed by atoms with E-state index in [1.165, 1.54) is 24.8 Å². The van der Waals surface area contributed by atoms with Crippen molar-refractivity contribution in [2.45, 2.75) is 58.8 Å². The molecule has 0 aromatic rings. The van der Waals surface area contributed by atoms with Gasteiger partial charge in [0.25, 0.3) is 0 Å². The molecule has 1 aliphatic carbocycles. The Balaban J connectivity index is 1.92. The average molecular weight is 250 g/mol. The Hall–Kier alpha value is -0.600. The largest absolute Gasteiger partial charge is 0.349 e. The molecule has 0 bridgehead atoms. The van der Waals surface area contributed by atoms with Crippen molar-refractivity contribution in [2.24, 2.45) is 11.8 Å². The summed E-state index contributed by atoms with van der Waals surface area (Å²) >= 11 is 0. The SMILES string of the molecule is C=C(C1OCCC(C)O1)C(C)C1CC=C(C)CC1. The van der Waals surface area contributed by atoms with Crippen LogP contribution in [0.2, 0.25) is 0 Å². The maximum absolute atomic E-state index is 5.84. The van der Waals surface area contributed by atoms with Gasteiger partial charge in [-0.1, -0.05) is 25.2 Å². The lowest BCUT2D eigenvalue weighted by molar-refractivity contribution is -0.190. The molecule has 2 nitrogen and oxygen atoms in total. The fourth-order valence-electron chi connectivity index (χ4n) is 2.81. The Kier molecular flexibility index (Phi) is 4.63. The van der Waals surface area contributed by atoms with Crippen molar-refractivity contribution >= 4 is 0 Å². The van der Waals surface area contributed by atoms with E-state index in [1.54, 1.807) is 0 Å². The van der Waals surface area contributed by atoms with Gasteiger partial charge in [0.05, 0.1) is 12.7 Å². The molecule has 0 radical (unpaired) electrons. The summed E-state index contributed by atoms with van der Waals surface area (Å²) < 4.78 is 11.6. The van der Waals surface area contributed by atoms with E-state index in [0.29, 0.717) is 17.9 Å². The molecule has 4 unspecified atom stereocenters. The molecule has 0 aromatic carbocycles. The fourth-order valence-corrected chi connectivity index (χ4v) is 2.81. The van der Waals surface area contributed by atoms with Crippen LogP contribution in [-0.4, -0.2) is 19.0 Å². The molecular formula is C16H26O2. The zero-order chi connectivity index (χ0) is 13.1. The summed E-state index contributed by atoms with van der Waals surface area (Å²) in [6.45, 7) is 11.6. The molecule has 2 heteroatoms. The smallest absolute Gasteiger partial charge is 0.180 e. The third-order valence-electron chi connectivity index (χ3n) is 4.42. The van der Waals surface area contributed by atoms with E-state index in [2.05, 4.69) is 33.4 Å². The number of hydrogen-bond donors (Lipinski definition) is 0. The fraction of sp³-hybridized carbons (Fsp3) is 0.750. The molecule has 0 saturated carbocycles. The molecule has 1 saturated heterocycles. The summed E-state index contributed by atoms with van der Waals surface area (Å²) in [6, 6.07) is 0. The van der Waals surface area contributed by atoms with Crippen LogP contribution in [0.25, 0.3) is 0 Å². The van der Waals surface area contributed by atoms with E-state index in [9.17, 15) is 0 Å². The quantitative estimate of drug-likeness (QED) is 0.703. The minimum atomic E-state index is -0.184. The van der Waals surface area contributed by atoms with Gasteiger partial charge in [0.1, 0.15) is 0 Å². The molecule has 4 atom stereocenters. The number of hydrogen-bond acceptors (Lipinski definition) is 2. The number of rotatable bonds is 3. The molecule has 18 heavy (non-hydrogen) atoms. The Morgan fingerprint density at radius 2 is 2.22 bits per heavy atom. The van der Waals surface area contributed by atoms with Crippen LogP contribution in [0.4, 0.5) is 0 Å². The van der Waals surface area contributed by atoms with E-state index in [1.807, 2.05) is 0 Å². The zero-order valence-corrected chi connectivity index (χ0v) is 11.9. The average Bonchev–Trinajstić information content (AvgIpc) is 2.38. The molecule has 0 N–H and O–H groups in total. The van der Waals surface area contributed by atoms with Gasteiger partial charge < -0.3 is 9.47 Å². The van der Waals surface area contributed by atoms with E-state index in [4.69, 9.17) is 9.47 Å². The highest BCUT2D eigenvalue weighted by atomic mass is 16.7. The molecule has 1 aliphatic heterocycles. The standard InChI is InChI=1S/C16H26O2/c1-11-5-7-15(8-6-11)13(3)14(4)16-17-10-9-12(2)18-16/h5,12-13,15-16H,4,6-10H2,1-3H3. The summed E-state index contributed by atoms with van der Waals surface area (Å²) in [5.41, 5.74) is 2.65. The Labute approximate surface area is 111 Å². The summed E-state index contributed by atoms with van der Waals surface area (Å²) in [5.74, 6) is 1.18. The predicted molar refractivity (Wildman–Crippen MR) is 74.3 cm³/mol. The van der Waals surface area contributed by atoms with Crippen molar-refractivity contribution in [2.75, 3.05) is 6.61 Å². The Bertz CT molecular complexity index is 332. The monoisotopic (exact) mass is 250 g/mol. The van der Waals surface area contributed by atoms with Crippen LogP contribution in [0.15, 0.2) is 23.8 Å². The normalized spacial score (nSPS) is 34.8. The first-order valence-corrected chi connectivity index (χ1v) is 7.19. The molecule has 102 valence electrons. The second-order valence-corrected chi connectivity index (χ2v) is 5.89. The van der Waals surface area contributed by atoms with Gasteiger partial charge in [-0.15, -0.1) is 0 Å². The van der Waals surface area contributed by atoms with Crippen molar-refractivity contribution < 1.29 is 9.47 Å². The number of ether oxygens (including phenoxy) is 2. The predicted octanol–water partition coefficient (Wildman–Crippen LogP) is 4.08. The summed E-state index contributed by atoms with van der Waals surface area (Å²) in [6.07, 6.45) is 7.15. The number of allylic oxidation sites excluding steroid dienone is 2. The van der Waals surface area contributed by atoms with E-state index >= 15 is 0 Å². The van der Waals surface area contributed by atoms with Gasteiger partial charge >= 0.3 is 0 Å². The first-order chi connectivity index (χ1) is 8.58. The van der Waals surface area contributed by atoms with Crippen molar-refractivity contribution in [1.82, 2.24) is 0 Å². The van der Waals surface area contributed by atoms with Gasteiger partial charge in [0, 0.05) is 0 Å². The van der Waals surface area contributed by atoms with Gasteiger partial charge in [0.15, 0.2) is 6.29 Å². The van der Waals surface area contributed by atoms with Crippen LogP contribution < -0.4 is 0 Å². The van der Waals surface area contributed by atoms with Crippen molar-refractivity contribution in [1.29, 1.82) is 0 Å². The summed E-state index contributed by atoms with van der Waals surface area (Å²) in [5, 5.41) is 0. The molecule has 1 heterocycles. The Morgan fingerprint density at radius 3 is 2.83 bits per heavy atom. The van der Waals surface area contributed by atoms with Gasteiger partial charge in [-0.2, -0.15) is 0 Å². The molecular weight excluding hydrogens is 224 g/mol. The topological polar surface area (TPSA) is 18.5 Å². The Morgan fingerprint density at radius 1 is 1.44 bits per heavy atom. The van der Waals surface area contributed by atoms with Crippen LogP contribution in [0.5, 0.6) is 0 Å². The zero-order valence-electron chi connectivity index (χ0n) is 11.9. The van der Waals surface area contributed by atoms with E-state index < -0.39 is 0 Å². The summed E-state index contributed by atoms with van der Waals surface area (Å²) in [4.78, 5) is 0. The molecule has 2 aliphatic rings. The van der Waals surface area contributed by atoms with Crippen LogP contribution in [-0.2, 0) is 9.47 Å². The summed E-state index contributed by atoms with van der Waals surface area (Å²) in [7, 11) is 0. The van der Waals surface area contributed by atoms with Crippen LogP contribution in [0, 0.1) is 11.8 Å². The molecule has 0 spiro atoms. The first kappa shape index (κ1) is 13.8. The van der Waals surface area contributed by atoms with Crippen LogP contribution in [0.1, 0.15) is 46.5 Å². The first-order valence-electron chi connectivity index (χ1n) is 7.19. The van der Waals surface area contributed by atoms with E-state index in [0.717, 1.165) is 18.6 Å². The lowest BCUT2D eigenvalue weighted by Crippen LogP contribution is -2.34. The van der Waals surface area contributed by atoms with Crippen LogP contribution in [0.3, 0.4) is 0 Å². The minimum Gasteiger partial charge on any atom is -0.349 e. The molecule has 0 amide bonds. The lowest BCUT2D eigenvalue weighted by Gasteiger charge is -2.35. The molecule has 2 rings (SSSR count). The van der Waals surface area contributed by atoms with Gasteiger partial charge in [0.2, 0.25) is 0 Å².